The monoisotopic (exact) mass is 448 g/mol. The van der Waals surface area contributed by atoms with E-state index in [4.69, 9.17) is 11.6 Å². The highest BCUT2D eigenvalue weighted by Gasteiger charge is 2.21. The van der Waals surface area contributed by atoms with E-state index in [1.807, 2.05) is 67.1 Å². The SMILES string of the molecule is Cc1nn(Cc2ccccc2Cl)c(C)c1/C=C/C(=O)Nc1ccc(N2CCCC2=O)cc1. The average Bonchev–Trinajstić information content (AvgIpc) is 3.31. The van der Waals surface area contributed by atoms with Crippen molar-refractivity contribution in [3.8, 4) is 0 Å². The van der Waals surface area contributed by atoms with E-state index < -0.39 is 0 Å². The van der Waals surface area contributed by atoms with Gasteiger partial charge in [0.2, 0.25) is 11.8 Å². The van der Waals surface area contributed by atoms with Crippen molar-refractivity contribution in [3.63, 3.8) is 0 Å². The smallest absolute Gasteiger partial charge is 0.248 e. The number of carbonyl (C=O) groups is 2. The molecule has 32 heavy (non-hydrogen) atoms. The van der Waals surface area contributed by atoms with Crippen LogP contribution in [0.2, 0.25) is 5.02 Å². The first kappa shape index (κ1) is 21.8. The molecule has 1 aliphatic rings. The fourth-order valence-corrected chi connectivity index (χ4v) is 4.08. The van der Waals surface area contributed by atoms with Gasteiger partial charge in [0.25, 0.3) is 0 Å². The van der Waals surface area contributed by atoms with E-state index in [-0.39, 0.29) is 11.8 Å². The van der Waals surface area contributed by atoms with Crippen molar-refractivity contribution in [1.82, 2.24) is 9.78 Å². The Hall–Kier alpha value is -3.38. The maximum absolute atomic E-state index is 12.4. The summed E-state index contributed by atoms with van der Waals surface area (Å²) >= 11 is 6.28. The number of anilines is 2. The van der Waals surface area contributed by atoms with Gasteiger partial charge in [0.05, 0.1) is 12.2 Å². The zero-order chi connectivity index (χ0) is 22.7. The van der Waals surface area contributed by atoms with Crippen LogP contribution >= 0.6 is 11.6 Å². The van der Waals surface area contributed by atoms with Crippen LogP contribution in [0.1, 0.15) is 35.4 Å². The lowest BCUT2D eigenvalue weighted by molar-refractivity contribution is -0.117. The predicted molar refractivity (Wildman–Crippen MR) is 128 cm³/mol. The standard InChI is InChI=1S/C25H25ClN4O2/c1-17-22(18(2)30(28-17)16-19-6-3-4-7-23(19)26)13-14-24(31)27-20-9-11-21(12-10-20)29-15-5-8-25(29)32/h3-4,6-7,9-14H,5,8,15-16H2,1-2H3,(H,27,31)/b14-13+. The quantitative estimate of drug-likeness (QED) is 0.541. The second kappa shape index (κ2) is 9.40. The van der Waals surface area contributed by atoms with Crippen LogP contribution < -0.4 is 10.2 Å². The minimum atomic E-state index is -0.229. The highest BCUT2D eigenvalue weighted by atomic mass is 35.5. The first-order valence-electron chi connectivity index (χ1n) is 10.6. The summed E-state index contributed by atoms with van der Waals surface area (Å²) in [5.74, 6) is -0.0850. The van der Waals surface area contributed by atoms with E-state index in [0.717, 1.165) is 41.2 Å². The largest absolute Gasteiger partial charge is 0.323 e. The molecule has 1 aliphatic heterocycles. The Morgan fingerprint density at radius 1 is 1.16 bits per heavy atom. The van der Waals surface area contributed by atoms with Crippen LogP contribution in [0.4, 0.5) is 11.4 Å². The van der Waals surface area contributed by atoms with Crippen molar-refractivity contribution < 1.29 is 9.59 Å². The van der Waals surface area contributed by atoms with Crippen LogP contribution in [-0.4, -0.2) is 28.1 Å². The van der Waals surface area contributed by atoms with Gasteiger partial charge in [-0.1, -0.05) is 29.8 Å². The summed E-state index contributed by atoms with van der Waals surface area (Å²) < 4.78 is 1.90. The predicted octanol–water partition coefficient (Wildman–Crippen LogP) is 4.98. The van der Waals surface area contributed by atoms with Gasteiger partial charge in [0.1, 0.15) is 0 Å². The minimum absolute atomic E-state index is 0.144. The summed E-state index contributed by atoms with van der Waals surface area (Å²) in [4.78, 5) is 26.1. The van der Waals surface area contributed by atoms with Gasteiger partial charge in [0.15, 0.2) is 0 Å². The van der Waals surface area contributed by atoms with Gasteiger partial charge in [-0.2, -0.15) is 5.10 Å². The molecule has 0 spiro atoms. The van der Waals surface area contributed by atoms with E-state index in [0.29, 0.717) is 23.7 Å². The van der Waals surface area contributed by atoms with Gasteiger partial charge >= 0.3 is 0 Å². The molecule has 1 aromatic heterocycles. The lowest BCUT2D eigenvalue weighted by atomic mass is 10.1. The maximum atomic E-state index is 12.4. The summed E-state index contributed by atoms with van der Waals surface area (Å²) in [6.45, 7) is 5.22. The summed E-state index contributed by atoms with van der Waals surface area (Å²) in [7, 11) is 0. The number of aromatic nitrogens is 2. The number of aryl methyl sites for hydroxylation is 1. The summed E-state index contributed by atoms with van der Waals surface area (Å²) in [5.41, 5.74) is 5.25. The maximum Gasteiger partial charge on any atom is 0.248 e. The van der Waals surface area contributed by atoms with Crippen LogP contribution in [0.3, 0.4) is 0 Å². The number of rotatable bonds is 6. The molecule has 1 saturated heterocycles. The number of amides is 2. The van der Waals surface area contributed by atoms with Crippen LogP contribution in [0.5, 0.6) is 0 Å². The van der Waals surface area contributed by atoms with Crippen molar-refractivity contribution in [2.45, 2.75) is 33.2 Å². The minimum Gasteiger partial charge on any atom is -0.323 e. The lowest BCUT2D eigenvalue weighted by Crippen LogP contribution is -2.23. The van der Waals surface area contributed by atoms with Crippen molar-refractivity contribution in [2.24, 2.45) is 0 Å². The number of hydrogen-bond donors (Lipinski definition) is 1. The molecule has 0 aliphatic carbocycles. The van der Waals surface area contributed by atoms with E-state index in [1.165, 1.54) is 6.08 Å². The van der Waals surface area contributed by atoms with Crippen molar-refractivity contribution in [3.05, 3.63) is 82.1 Å². The average molecular weight is 449 g/mol. The number of nitrogens with zero attached hydrogens (tertiary/aromatic N) is 3. The van der Waals surface area contributed by atoms with E-state index in [2.05, 4.69) is 10.4 Å². The topological polar surface area (TPSA) is 67.2 Å². The second-order valence-electron chi connectivity index (χ2n) is 7.85. The van der Waals surface area contributed by atoms with Crippen LogP contribution in [-0.2, 0) is 16.1 Å². The Labute approximate surface area is 192 Å². The van der Waals surface area contributed by atoms with E-state index >= 15 is 0 Å². The Balaban J connectivity index is 1.42. The van der Waals surface area contributed by atoms with Crippen LogP contribution in [0, 0.1) is 13.8 Å². The molecule has 2 heterocycles. The summed E-state index contributed by atoms with van der Waals surface area (Å²) in [5, 5.41) is 8.17. The van der Waals surface area contributed by atoms with E-state index in [9.17, 15) is 9.59 Å². The van der Waals surface area contributed by atoms with Gasteiger partial charge in [-0.15, -0.1) is 0 Å². The molecule has 4 rings (SSSR count). The molecule has 0 bridgehead atoms. The molecule has 0 atom stereocenters. The summed E-state index contributed by atoms with van der Waals surface area (Å²) in [6.07, 6.45) is 4.77. The Morgan fingerprint density at radius 3 is 2.59 bits per heavy atom. The molecule has 3 aromatic rings. The molecule has 6 nitrogen and oxygen atoms in total. The van der Waals surface area contributed by atoms with Gasteiger partial charge in [0, 0.05) is 46.7 Å². The fraction of sp³-hybridized carbons (Fsp3) is 0.240. The van der Waals surface area contributed by atoms with Crippen molar-refractivity contribution in [2.75, 3.05) is 16.8 Å². The molecule has 0 unspecified atom stereocenters. The fourth-order valence-electron chi connectivity index (χ4n) is 3.88. The van der Waals surface area contributed by atoms with Crippen LogP contribution in [0.25, 0.3) is 6.08 Å². The third kappa shape index (κ3) is 4.75. The highest BCUT2D eigenvalue weighted by Crippen LogP contribution is 2.23. The number of hydrogen-bond acceptors (Lipinski definition) is 3. The van der Waals surface area contributed by atoms with Gasteiger partial charge in [-0.3, -0.25) is 14.3 Å². The Morgan fingerprint density at radius 2 is 1.91 bits per heavy atom. The van der Waals surface area contributed by atoms with Gasteiger partial charge < -0.3 is 10.2 Å². The normalized spacial score (nSPS) is 13.8. The first-order valence-corrected chi connectivity index (χ1v) is 11.0. The number of nitrogens with one attached hydrogen (secondary N) is 1. The zero-order valence-electron chi connectivity index (χ0n) is 18.1. The number of benzene rings is 2. The molecular weight excluding hydrogens is 424 g/mol. The second-order valence-corrected chi connectivity index (χ2v) is 8.26. The van der Waals surface area contributed by atoms with Gasteiger partial charge in [-0.25, -0.2) is 0 Å². The number of carbonyl (C=O) groups excluding carboxylic acids is 2. The molecule has 1 N–H and O–H groups in total. The number of halogens is 1. The van der Waals surface area contributed by atoms with Crippen LogP contribution in [0.15, 0.2) is 54.6 Å². The molecule has 1 fully saturated rings. The first-order chi connectivity index (χ1) is 15.4. The third-order valence-electron chi connectivity index (χ3n) is 5.64. The molecule has 0 radical (unpaired) electrons. The molecule has 2 amide bonds. The molecular formula is C25H25ClN4O2. The molecule has 164 valence electrons. The third-order valence-corrected chi connectivity index (χ3v) is 6.01. The van der Waals surface area contributed by atoms with Gasteiger partial charge in [-0.05, 0) is 62.2 Å². The molecule has 2 aromatic carbocycles. The summed E-state index contributed by atoms with van der Waals surface area (Å²) in [6, 6.07) is 15.0. The zero-order valence-corrected chi connectivity index (χ0v) is 18.9. The van der Waals surface area contributed by atoms with E-state index in [1.54, 1.807) is 11.0 Å². The molecule has 7 heteroatoms. The highest BCUT2D eigenvalue weighted by molar-refractivity contribution is 6.31. The molecule has 0 saturated carbocycles. The van der Waals surface area contributed by atoms with Crippen molar-refractivity contribution >= 4 is 40.9 Å². The lowest BCUT2D eigenvalue weighted by Gasteiger charge is -2.15. The Kier molecular flexibility index (Phi) is 6.42. The van der Waals surface area contributed by atoms with Crippen molar-refractivity contribution in [1.29, 1.82) is 0 Å². The Bertz CT molecular complexity index is 1180.